The van der Waals surface area contributed by atoms with Crippen LogP contribution in [0.25, 0.3) is 11.3 Å². The van der Waals surface area contributed by atoms with E-state index in [4.69, 9.17) is 50.2 Å². The molecule has 0 bridgehead atoms. The van der Waals surface area contributed by atoms with Crippen molar-refractivity contribution in [3.63, 3.8) is 0 Å². The van der Waals surface area contributed by atoms with Crippen molar-refractivity contribution in [2.24, 2.45) is 10.8 Å². The van der Waals surface area contributed by atoms with Crippen LogP contribution >= 0.6 is 0 Å². The Morgan fingerprint density at radius 2 is 1.14 bits per heavy atom. The molecule has 69 heavy (non-hydrogen) atoms. The van der Waals surface area contributed by atoms with Crippen LogP contribution < -0.4 is 21.4 Å². The zero-order valence-corrected chi connectivity index (χ0v) is 40.0. The summed E-state index contributed by atoms with van der Waals surface area (Å²) in [6.07, 6.45) is -3.22. The van der Waals surface area contributed by atoms with Crippen LogP contribution in [0.1, 0.15) is 67.5 Å². The predicted molar refractivity (Wildman–Crippen MR) is 259 cm³/mol. The highest BCUT2D eigenvalue weighted by Gasteiger charge is 2.37. The first kappa shape index (κ1) is 42.6. The molecule has 384 valence electrons. The summed E-state index contributed by atoms with van der Waals surface area (Å²) >= 11 is 0. The first-order valence-corrected chi connectivity index (χ1v) is 22.3. The normalized spacial score (nSPS) is 16.6. The molecule has 2 aromatic carbocycles. The number of aliphatic hydroxyl groups excluding tert-OH is 1. The van der Waals surface area contributed by atoms with Gasteiger partial charge in [-0.05, 0) is 40.5 Å². The van der Waals surface area contributed by atoms with E-state index in [1.807, 2.05) is 5.32 Å². The molecule has 3 rings (SSSR count). The minimum Gasteiger partial charge on any atom is -0.447 e. The molecule has 4 atom stereocenters. The Kier molecular flexibility index (Phi) is 19.6. The van der Waals surface area contributed by atoms with Crippen LogP contribution in [-0.2, 0) is 60.4 Å². The standard InChI is InChI=1S/C50H76N6O13/c1-49(2,3)43(53-47(60)68-32-30-66-28-26-64-24-22-62-7)45(58)52-41(34-37-14-10-9-11-15-37)42(57)36-56(35-38-17-19-39(20-18-38)40-16-12-13-21-51-40)55-46(59)44(50(4,5)6)54-48(61)69-33-31-67-29-27-65-25-23-63-8/h9-21,41-44,57H,22-36H2,1-8H3,(H,52,58)(H,53,60)(H,54,61)(H,55,59)/t41-,42-,43+,44+/m0/s1/i4D3,5D3,6D3,35D2. The van der Waals surface area contributed by atoms with Crippen molar-refractivity contribution < 1.29 is 77.3 Å². The number of hydrogen-bond acceptors (Lipinski definition) is 15. The zero-order valence-electron chi connectivity index (χ0n) is 51.0. The number of nitrogens with one attached hydrogen (secondary N) is 4. The van der Waals surface area contributed by atoms with Gasteiger partial charge in [0.15, 0.2) is 0 Å². The number of alkyl carbamates (subject to hydrolysis) is 2. The molecule has 0 aliphatic heterocycles. The number of pyridine rings is 1. The van der Waals surface area contributed by atoms with Crippen molar-refractivity contribution in [1.82, 2.24) is 31.4 Å². The Balaban J connectivity index is 2.12. The van der Waals surface area contributed by atoms with Gasteiger partial charge in [0.1, 0.15) is 25.3 Å². The molecule has 3 aromatic rings. The summed E-state index contributed by atoms with van der Waals surface area (Å²) in [6, 6.07) is 13.2. The lowest BCUT2D eigenvalue weighted by molar-refractivity contribution is -0.132. The SMILES string of the molecule is [2H]C([2H])(c1ccc(-c2ccccn2)cc1)N(C[C@H](O)[C@H](Cc1ccccc1)NC(=O)[C@@H](NC(=O)OCCOCCOCCOC)C(C)(C)C)NC(=O)[C@@H](NC(=O)OCCOCCOCCOC)C(C([2H])([2H])[2H])(C([2H])([2H])[2H])C([2H])([2H])[2H]. The van der Waals surface area contributed by atoms with Crippen LogP contribution in [0.2, 0.25) is 0 Å². The highest BCUT2D eigenvalue weighted by molar-refractivity contribution is 5.87. The number of benzene rings is 2. The molecule has 19 nitrogen and oxygen atoms in total. The fraction of sp³-hybridized carbons (Fsp3) is 0.580. The summed E-state index contributed by atoms with van der Waals surface area (Å²) in [5.74, 6) is -2.72. The number of hydrazine groups is 1. The maximum Gasteiger partial charge on any atom is 0.407 e. The van der Waals surface area contributed by atoms with Gasteiger partial charge in [0, 0.05) is 51.4 Å². The number of nitrogens with zero attached hydrogens (tertiary/aromatic N) is 2. The predicted octanol–water partition coefficient (Wildman–Crippen LogP) is 4.31. The summed E-state index contributed by atoms with van der Waals surface area (Å²) < 4.78 is 137. The number of aromatic nitrogens is 1. The fourth-order valence-electron chi connectivity index (χ4n) is 6.13. The highest BCUT2D eigenvalue weighted by atomic mass is 16.6. The molecule has 1 aromatic heterocycles. The second kappa shape index (κ2) is 31.8. The summed E-state index contributed by atoms with van der Waals surface area (Å²) in [6.45, 7) is -10.5. The molecule has 0 aliphatic rings. The summed E-state index contributed by atoms with van der Waals surface area (Å²) in [5.41, 5.74) is -1.70. The lowest BCUT2D eigenvalue weighted by Crippen LogP contribution is -2.61. The van der Waals surface area contributed by atoms with Crippen LogP contribution in [0.5, 0.6) is 0 Å². The average molecular weight is 980 g/mol. The van der Waals surface area contributed by atoms with Gasteiger partial charge in [0.2, 0.25) is 5.91 Å². The second-order valence-corrected chi connectivity index (χ2v) is 16.4. The lowest BCUT2D eigenvalue weighted by atomic mass is 9.85. The topological polar surface area (TPSA) is 227 Å². The van der Waals surface area contributed by atoms with E-state index in [2.05, 4.69) is 21.0 Å². The number of carbonyl (C=O) groups is 4. The largest absolute Gasteiger partial charge is 0.447 e. The summed E-state index contributed by atoms with van der Waals surface area (Å²) in [7, 11) is 3.03. The van der Waals surface area contributed by atoms with Gasteiger partial charge in [0.25, 0.3) is 5.91 Å². The minimum atomic E-state index is -4.13. The van der Waals surface area contributed by atoms with Crippen LogP contribution in [0.3, 0.4) is 0 Å². The number of ether oxygens (including phenoxy) is 8. The molecule has 0 saturated carbocycles. The molecule has 0 unspecified atom stereocenters. The third-order valence-corrected chi connectivity index (χ3v) is 9.69. The first-order chi connectivity index (χ1) is 37.5. The van der Waals surface area contributed by atoms with E-state index in [1.54, 1.807) is 69.3 Å². The lowest BCUT2D eigenvalue weighted by Gasteiger charge is -2.36. The van der Waals surface area contributed by atoms with Crippen LogP contribution in [-0.4, -0.2) is 163 Å². The second-order valence-electron chi connectivity index (χ2n) is 16.4. The monoisotopic (exact) mass is 980 g/mol. The third kappa shape index (κ3) is 23.7. The molecular formula is C50H76N6O13. The third-order valence-electron chi connectivity index (χ3n) is 9.69. The van der Waals surface area contributed by atoms with Crippen LogP contribution in [0, 0.1) is 10.8 Å². The molecular weight excluding hydrogens is 893 g/mol. The molecule has 0 radical (unpaired) electrons. The van der Waals surface area contributed by atoms with E-state index in [9.17, 15) is 27.0 Å². The minimum absolute atomic E-state index is 0.000698. The van der Waals surface area contributed by atoms with Gasteiger partial charge < -0.3 is 59.0 Å². The van der Waals surface area contributed by atoms with Gasteiger partial charge in [-0.15, -0.1) is 0 Å². The van der Waals surface area contributed by atoms with Gasteiger partial charge in [-0.3, -0.25) is 20.0 Å². The number of rotatable bonds is 32. The van der Waals surface area contributed by atoms with E-state index in [0.717, 1.165) is 0 Å². The van der Waals surface area contributed by atoms with Gasteiger partial charge in [-0.1, -0.05) is 102 Å². The van der Waals surface area contributed by atoms with E-state index < -0.39 is 99.3 Å². The van der Waals surface area contributed by atoms with Gasteiger partial charge in [-0.2, -0.15) is 0 Å². The van der Waals surface area contributed by atoms with Gasteiger partial charge >= 0.3 is 12.2 Å². The molecule has 4 amide bonds. The summed E-state index contributed by atoms with van der Waals surface area (Å²) in [4.78, 5) is 60.4. The maximum atomic E-state index is 15.0. The quantitative estimate of drug-likeness (QED) is 0.0434. The molecule has 0 spiro atoms. The molecule has 1 heterocycles. The van der Waals surface area contributed by atoms with Gasteiger partial charge in [-0.25, -0.2) is 14.6 Å². The molecule has 0 fully saturated rings. The van der Waals surface area contributed by atoms with Gasteiger partial charge in [0.05, 0.1) is 86.7 Å². The Morgan fingerprint density at radius 3 is 1.64 bits per heavy atom. The number of methoxy groups -OCH3 is 2. The van der Waals surface area contributed by atoms with Crippen molar-refractivity contribution in [1.29, 1.82) is 0 Å². The van der Waals surface area contributed by atoms with E-state index in [1.165, 1.54) is 44.7 Å². The van der Waals surface area contributed by atoms with E-state index >= 15 is 0 Å². The van der Waals surface area contributed by atoms with Crippen molar-refractivity contribution in [3.05, 3.63) is 90.1 Å². The van der Waals surface area contributed by atoms with E-state index in [-0.39, 0.29) is 64.8 Å². The van der Waals surface area contributed by atoms with Crippen LogP contribution in [0.4, 0.5) is 9.59 Å². The molecule has 5 N–H and O–H groups in total. The smallest absolute Gasteiger partial charge is 0.407 e. The highest BCUT2D eigenvalue weighted by Crippen LogP contribution is 2.23. The number of aliphatic hydroxyl groups is 1. The fourth-order valence-corrected chi connectivity index (χ4v) is 6.13. The number of carbonyl (C=O) groups excluding carboxylic acids is 4. The Hall–Kier alpha value is -5.25. The Morgan fingerprint density at radius 1 is 0.638 bits per heavy atom. The number of hydrogen-bond donors (Lipinski definition) is 5. The molecule has 19 heteroatoms. The van der Waals surface area contributed by atoms with Crippen molar-refractivity contribution in [2.45, 2.75) is 78.5 Å². The Labute approximate surface area is 423 Å². The maximum absolute atomic E-state index is 15.0. The first-order valence-electron chi connectivity index (χ1n) is 27.8. The van der Waals surface area contributed by atoms with Crippen molar-refractivity contribution in [2.75, 3.05) is 100 Å². The Bertz CT molecular complexity index is 2280. The summed E-state index contributed by atoms with van der Waals surface area (Å²) in [5, 5.41) is 19.9. The molecule has 0 saturated heterocycles. The van der Waals surface area contributed by atoms with Crippen molar-refractivity contribution >= 4 is 24.0 Å². The zero-order chi connectivity index (χ0) is 59.8. The van der Waals surface area contributed by atoms with Crippen molar-refractivity contribution in [3.8, 4) is 11.3 Å². The molecule has 0 aliphatic carbocycles. The number of amides is 4. The van der Waals surface area contributed by atoms with Crippen LogP contribution in [0.15, 0.2) is 79.0 Å². The van der Waals surface area contributed by atoms with E-state index in [0.29, 0.717) is 41.7 Å². The average Bonchev–Trinajstić information content (AvgIpc) is 3.38.